The van der Waals surface area contributed by atoms with Gasteiger partial charge in [-0.3, -0.25) is 9.59 Å². The highest BCUT2D eigenvalue weighted by Crippen LogP contribution is 2.30. The number of aryl methyl sites for hydroxylation is 1. The molecule has 0 spiro atoms. The normalized spacial score (nSPS) is 10.1. The number of carbonyl (C=O) groups is 2. The zero-order chi connectivity index (χ0) is 18.4. The third-order valence-electron chi connectivity index (χ3n) is 3.57. The molecule has 2 aromatic rings. The van der Waals surface area contributed by atoms with Crippen molar-refractivity contribution >= 4 is 29.1 Å². The zero-order valence-corrected chi connectivity index (χ0v) is 14.9. The Labute approximate surface area is 151 Å². The van der Waals surface area contributed by atoms with Crippen molar-refractivity contribution in [3.05, 3.63) is 52.5 Å². The quantitative estimate of drug-likeness (QED) is 0.802. The maximum atomic E-state index is 12.1. The Hall–Kier alpha value is -2.73. The zero-order valence-electron chi connectivity index (χ0n) is 14.2. The fourth-order valence-corrected chi connectivity index (χ4v) is 2.37. The van der Waals surface area contributed by atoms with Gasteiger partial charge in [-0.25, -0.2) is 0 Å². The summed E-state index contributed by atoms with van der Waals surface area (Å²) in [5.41, 5.74) is 1.90. The molecule has 0 aromatic heterocycles. The molecule has 0 aliphatic rings. The molecule has 2 N–H and O–H groups in total. The van der Waals surface area contributed by atoms with Crippen LogP contribution in [0.2, 0.25) is 5.02 Å². The second-order valence-corrected chi connectivity index (χ2v) is 5.66. The maximum absolute atomic E-state index is 12.1. The first kappa shape index (κ1) is 18.6. The Morgan fingerprint density at radius 2 is 1.72 bits per heavy atom. The van der Waals surface area contributed by atoms with E-state index in [0.717, 1.165) is 11.1 Å². The van der Waals surface area contributed by atoms with E-state index < -0.39 is 11.8 Å². The van der Waals surface area contributed by atoms with Crippen LogP contribution < -0.4 is 20.1 Å². The molecular formula is C18H19ClN2O4. The van der Waals surface area contributed by atoms with Gasteiger partial charge in [0.1, 0.15) is 11.5 Å². The average molecular weight is 363 g/mol. The molecule has 2 aromatic carbocycles. The number of amides is 2. The lowest BCUT2D eigenvalue weighted by Crippen LogP contribution is -2.35. The lowest BCUT2D eigenvalue weighted by Gasteiger charge is -2.13. The number of ether oxygens (including phenoxy) is 2. The number of rotatable bonds is 5. The number of halogens is 1. The lowest BCUT2D eigenvalue weighted by atomic mass is 10.2. The molecule has 0 fully saturated rings. The summed E-state index contributed by atoms with van der Waals surface area (Å²) >= 11 is 6.03. The summed E-state index contributed by atoms with van der Waals surface area (Å²) in [6.45, 7) is 1.96. The predicted octanol–water partition coefficient (Wildman–Crippen LogP) is 2.92. The van der Waals surface area contributed by atoms with Crippen LogP contribution in [0.3, 0.4) is 0 Å². The predicted molar refractivity (Wildman–Crippen MR) is 96.2 cm³/mol. The highest BCUT2D eigenvalue weighted by atomic mass is 35.5. The van der Waals surface area contributed by atoms with Crippen molar-refractivity contribution in [3.63, 3.8) is 0 Å². The molecule has 0 bridgehead atoms. The molecule has 2 amide bonds. The van der Waals surface area contributed by atoms with Crippen molar-refractivity contribution in [2.45, 2.75) is 13.5 Å². The molecule has 2 rings (SSSR count). The van der Waals surface area contributed by atoms with Gasteiger partial charge in [0.2, 0.25) is 0 Å². The van der Waals surface area contributed by atoms with Crippen LogP contribution in [0.4, 0.5) is 5.69 Å². The summed E-state index contributed by atoms with van der Waals surface area (Å²) in [5, 5.41) is 5.60. The van der Waals surface area contributed by atoms with E-state index in [4.69, 9.17) is 21.1 Å². The van der Waals surface area contributed by atoms with Gasteiger partial charge >= 0.3 is 11.8 Å². The molecule has 0 saturated carbocycles. The first-order valence-electron chi connectivity index (χ1n) is 7.51. The third-order valence-corrected chi connectivity index (χ3v) is 3.97. The molecule has 0 heterocycles. The second-order valence-electron chi connectivity index (χ2n) is 5.25. The Morgan fingerprint density at radius 1 is 1.04 bits per heavy atom. The lowest BCUT2D eigenvalue weighted by molar-refractivity contribution is -0.136. The standard InChI is InChI=1S/C18H19ClN2O4/c1-11-8-14(16(25-3)9-13(11)19)21-18(23)17(22)20-10-12-6-4-5-7-15(12)24-2/h4-9H,10H2,1-3H3,(H,20,22)(H,21,23). The molecular weight excluding hydrogens is 344 g/mol. The molecule has 0 radical (unpaired) electrons. The summed E-state index contributed by atoms with van der Waals surface area (Å²) in [5.74, 6) is -0.546. The number of nitrogens with one attached hydrogen (secondary N) is 2. The van der Waals surface area contributed by atoms with Gasteiger partial charge in [-0.1, -0.05) is 29.8 Å². The number of para-hydroxylation sites is 1. The van der Waals surface area contributed by atoms with E-state index >= 15 is 0 Å². The highest BCUT2D eigenvalue weighted by molar-refractivity contribution is 6.40. The minimum Gasteiger partial charge on any atom is -0.496 e. The number of hydrogen-bond acceptors (Lipinski definition) is 4. The summed E-state index contributed by atoms with van der Waals surface area (Å²) < 4.78 is 10.4. The number of methoxy groups -OCH3 is 2. The minimum atomic E-state index is -0.796. The first-order chi connectivity index (χ1) is 12.0. The second kappa shape index (κ2) is 8.39. The van der Waals surface area contributed by atoms with Crippen molar-refractivity contribution < 1.29 is 19.1 Å². The topological polar surface area (TPSA) is 76.7 Å². The number of carbonyl (C=O) groups excluding carboxylic acids is 2. The van der Waals surface area contributed by atoms with Gasteiger partial charge in [0.05, 0.1) is 19.9 Å². The fraction of sp³-hybridized carbons (Fsp3) is 0.222. The molecule has 0 aliphatic heterocycles. The van der Waals surface area contributed by atoms with Crippen LogP contribution in [0.15, 0.2) is 36.4 Å². The van der Waals surface area contributed by atoms with Crippen molar-refractivity contribution in [1.29, 1.82) is 0 Å². The van der Waals surface area contributed by atoms with Gasteiger partial charge in [0.25, 0.3) is 0 Å². The van der Waals surface area contributed by atoms with Gasteiger partial charge in [0.15, 0.2) is 0 Å². The van der Waals surface area contributed by atoms with E-state index in [1.54, 1.807) is 32.2 Å². The number of anilines is 1. The largest absolute Gasteiger partial charge is 0.496 e. The Kier molecular flexibility index (Phi) is 6.25. The maximum Gasteiger partial charge on any atom is 0.313 e. The van der Waals surface area contributed by atoms with Gasteiger partial charge in [-0.2, -0.15) is 0 Å². The Morgan fingerprint density at radius 3 is 2.40 bits per heavy atom. The van der Waals surface area contributed by atoms with Crippen LogP contribution >= 0.6 is 11.6 Å². The van der Waals surface area contributed by atoms with E-state index in [-0.39, 0.29) is 6.54 Å². The van der Waals surface area contributed by atoms with Crippen molar-refractivity contribution in [2.75, 3.05) is 19.5 Å². The molecule has 25 heavy (non-hydrogen) atoms. The van der Waals surface area contributed by atoms with Crippen molar-refractivity contribution in [3.8, 4) is 11.5 Å². The van der Waals surface area contributed by atoms with Crippen LogP contribution in [0.25, 0.3) is 0 Å². The minimum absolute atomic E-state index is 0.174. The fourth-order valence-electron chi connectivity index (χ4n) is 2.21. The SMILES string of the molecule is COc1ccccc1CNC(=O)C(=O)Nc1cc(C)c(Cl)cc1OC. The Balaban J connectivity index is 2.04. The van der Waals surface area contributed by atoms with Crippen LogP contribution in [-0.4, -0.2) is 26.0 Å². The molecule has 0 aliphatic carbocycles. The number of hydrogen-bond donors (Lipinski definition) is 2. The van der Waals surface area contributed by atoms with E-state index in [1.807, 2.05) is 18.2 Å². The van der Waals surface area contributed by atoms with Crippen molar-refractivity contribution in [1.82, 2.24) is 5.32 Å². The van der Waals surface area contributed by atoms with Crippen LogP contribution in [0.5, 0.6) is 11.5 Å². The highest BCUT2D eigenvalue weighted by Gasteiger charge is 2.17. The Bertz CT molecular complexity index is 793. The van der Waals surface area contributed by atoms with Crippen LogP contribution in [0, 0.1) is 6.92 Å². The molecule has 6 nitrogen and oxygen atoms in total. The number of benzene rings is 2. The smallest absolute Gasteiger partial charge is 0.313 e. The molecule has 0 unspecified atom stereocenters. The molecule has 0 saturated heterocycles. The monoisotopic (exact) mass is 362 g/mol. The van der Waals surface area contributed by atoms with Gasteiger partial charge < -0.3 is 20.1 Å². The molecule has 0 atom stereocenters. The summed E-state index contributed by atoms with van der Waals surface area (Å²) in [7, 11) is 3.00. The van der Waals surface area contributed by atoms with Gasteiger partial charge in [-0.15, -0.1) is 0 Å². The average Bonchev–Trinajstić information content (AvgIpc) is 2.62. The van der Waals surface area contributed by atoms with Crippen LogP contribution in [0.1, 0.15) is 11.1 Å². The molecule has 7 heteroatoms. The molecule has 132 valence electrons. The summed E-state index contributed by atoms with van der Waals surface area (Å²) in [4.78, 5) is 24.2. The first-order valence-corrected chi connectivity index (χ1v) is 7.89. The van der Waals surface area contributed by atoms with Crippen LogP contribution in [-0.2, 0) is 16.1 Å². The van der Waals surface area contributed by atoms with Gasteiger partial charge in [-0.05, 0) is 24.6 Å². The van der Waals surface area contributed by atoms with E-state index in [9.17, 15) is 9.59 Å². The van der Waals surface area contributed by atoms with E-state index in [0.29, 0.717) is 22.2 Å². The third kappa shape index (κ3) is 4.64. The van der Waals surface area contributed by atoms with Crippen molar-refractivity contribution in [2.24, 2.45) is 0 Å². The van der Waals surface area contributed by atoms with Gasteiger partial charge in [0, 0.05) is 23.2 Å². The van der Waals surface area contributed by atoms with E-state index in [2.05, 4.69) is 10.6 Å². The summed E-state index contributed by atoms with van der Waals surface area (Å²) in [6.07, 6.45) is 0. The summed E-state index contributed by atoms with van der Waals surface area (Å²) in [6, 6.07) is 10.5. The van der Waals surface area contributed by atoms with E-state index in [1.165, 1.54) is 7.11 Å².